The number of hydrogen-bond donors (Lipinski definition) is 3. The van der Waals surface area contributed by atoms with Crippen molar-refractivity contribution in [2.75, 3.05) is 19.8 Å². The molecule has 13 heavy (non-hydrogen) atoms. The van der Waals surface area contributed by atoms with Crippen LogP contribution in [0.4, 0.5) is 0 Å². The minimum atomic E-state index is -0.573. The van der Waals surface area contributed by atoms with E-state index in [2.05, 4.69) is 5.32 Å². The highest BCUT2D eigenvalue weighted by Gasteiger charge is 2.24. The summed E-state index contributed by atoms with van der Waals surface area (Å²) in [5.74, 6) is -0.245. The van der Waals surface area contributed by atoms with Crippen molar-refractivity contribution in [2.24, 2.45) is 0 Å². The van der Waals surface area contributed by atoms with Crippen LogP contribution in [0.3, 0.4) is 0 Å². The average molecular weight is 189 g/mol. The van der Waals surface area contributed by atoms with E-state index in [4.69, 9.17) is 14.9 Å². The molecule has 0 aliphatic carbocycles. The second kappa shape index (κ2) is 5.16. The first-order valence-corrected chi connectivity index (χ1v) is 4.41. The number of rotatable bonds is 4. The minimum absolute atomic E-state index is 0.245. The number of amides is 1. The Bertz CT molecular complexity index is 164. The molecule has 0 bridgehead atoms. The molecule has 0 saturated carbocycles. The van der Waals surface area contributed by atoms with Crippen molar-refractivity contribution < 1.29 is 19.7 Å². The molecule has 76 valence electrons. The van der Waals surface area contributed by atoms with Gasteiger partial charge in [0.15, 0.2) is 0 Å². The lowest BCUT2D eigenvalue weighted by atomic mass is 10.2. The summed E-state index contributed by atoms with van der Waals surface area (Å²) in [4.78, 5) is 11.3. The van der Waals surface area contributed by atoms with Gasteiger partial charge in [0.2, 0.25) is 5.91 Å². The average Bonchev–Trinajstić information content (AvgIpc) is 2.66. The van der Waals surface area contributed by atoms with Crippen LogP contribution in [0.5, 0.6) is 0 Å². The Balaban J connectivity index is 2.30. The summed E-state index contributed by atoms with van der Waals surface area (Å²) in [6.07, 6.45) is 1.21. The minimum Gasteiger partial charge on any atom is -0.394 e. The number of carbonyl (C=O) groups excluding carboxylic acids is 1. The standard InChI is InChI=1S/C8H15NO4/c10-4-6(5-11)9-8(12)7-2-1-3-13-7/h6-7,10-11H,1-5H2,(H,9,12)/t7-/m0/s1. The van der Waals surface area contributed by atoms with Crippen molar-refractivity contribution in [1.29, 1.82) is 0 Å². The van der Waals surface area contributed by atoms with E-state index in [1.54, 1.807) is 0 Å². The molecule has 1 aliphatic heterocycles. The fourth-order valence-electron chi connectivity index (χ4n) is 1.23. The Kier molecular flexibility index (Phi) is 4.14. The van der Waals surface area contributed by atoms with Crippen LogP contribution in [0.25, 0.3) is 0 Å². The number of carbonyl (C=O) groups is 1. The van der Waals surface area contributed by atoms with Gasteiger partial charge in [-0.25, -0.2) is 0 Å². The van der Waals surface area contributed by atoms with Gasteiger partial charge in [-0.05, 0) is 12.8 Å². The summed E-state index contributed by atoms with van der Waals surface area (Å²) >= 11 is 0. The van der Waals surface area contributed by atoms with Gasteiger partial charge in [0.25, 0.3) is 0 Å². The molecule has 1 fully saturated rings. The molecule has 0 spiro atoms. The maximum absolute atomic E-state index is 11.3. The zero-order valence-electron chi connectivity index (χ0n) is 7.40. The van der Waals surface area contributed by atoms with Gasteiger partial charge in [-0.3, -0.25) is 4.79 Å². The number of aliphatic hydroxyl groups is 2. The summed E-state index contributed by atoms with van der Waals surface area (Å²) in [7, 11) is 0. The van der Waals surface area contributed by atoms with E-state index in [-0.39, 0.29) is 19.1 Å². The van der Waals surface area contributed by atoms with Crippen LogP contribution >= 0.6 is 0 Å². The Morgan fingerprint density at radius 3 is 2.69 bits per heavy atom. The van der Waals surface area contributed by atoms with Gasteiger partial charge in [0, 0.05) is 6.61 Å². The summed E-state index contributed by atoms with van der Waals surface area (Å²) < 4.78 is 5.13. The molecule has 5 nitrogen and oxygen atoms in total. The SMILES string of the molecule is O=C(NC(CO)CO)[C@@H]1CCCO1. The molecule has 1 heterocycles. The van der Waals surface area contributed by atoms with Crippen molar-refractivity contribution >= 4 is 5.91 Å². The lowest BCUT2D eigenvalue weighted by molar-refractivity contribution is -0.131. The van der Waals surface area contributed by atoms with Gasteiger partial charge in [-0.2, -0.15) is 0 Å². The highest BCUT2D eigenvalue weighted by atomic mass is 16.5. The molecule has 0 aromatic carbocycles. The molecule has 1 rings (SSSR count). The second-order valence-corrected chi connectivity index (χ2v) is 3.07. The van der Waals surface area contributed by atoms with E-state index in [1.807, 2.05) is 0 Å². The van der Waals surface area contributed by atoms with E-state index in [0.29, 0.717) is 6.61 Å². The monoisotopic (exact) mass is 189 g/mol. The topological polar surface area (TPSA) is 78.8 Å². The van der Waals surface area contributed by atoms with Crippen LogP contribution in [0.2, 0.25) is 0 Å². The molecular formula is C8H15NO4. The second-order valence-electron chi connectivity index (χ2n) is 3.07. The maximum atomic E-state index is 11.3. The summed E-state index contributed by atoms with van der Waals surface area (Å²) in [6, 6.07) is -0.573. The van der Waals surface area contributed by atoms with E-state index in [0.717, 1.165) is 12.8 Å². The third kappa shape index (κ3) is 2.95. The Hall–Kier alpha value is -0.650. The third-order valence-electron chi connectivity index (χ3n) is 2.01. The number of ether oxygens (including phenoxy) is 1. The van der Waals surface area contributed by atoms with E-state index in [9.17, 15) is 4.79 Å². The van der Waals surface area contributed by atoms with E-state index < -0.39 is 12.1 Å². The molecule has 5 heteroatoms. The predicted octanol–water partition coefficient (Wildman–Crippen LogP) is -1.37. The normalized spacial score (nSPS) is 22.2. The van der Waals surface area contributed by atoms with Crippen molar-refractivity contribution in [3.63, 3.8) is 0 Å². The van der Waals surface area contributed by atoms with Gasteiger partial charge in [0.05, 0.1) is 19.3 Å². The van der Waals surface area contributed by atoms with Crippen LogP contribution in [0, 0.1) is 0 Å². The Labute approximate surface area is 76.7 Å². The summed E-state index contributed by atoms with van der Waals surface area (Å²) in [5, 5.41) is 19.9. The van der Waals surface area contributed by atoms with Crippen LogP contribution in [0.1, 0.15) is 12.8 Å². The van der Waals surface area contributed by atoms with Crippen LogP contribution in [-0.2, 0) is 9.53 Å². The van der Waals surface area contributed by atoms with Gasteiger partial charge in [-0.15, -0.1) is 0 Å². The molecule has 0 radical (unpaired) electrons. The molecule has 0 aromatic rings. The molecule has 1 aliphatic rings. The fourth-order valence-corrected chi connectivity index (χ4v) is 1.23. The third-order valence-corrected chi connectivity index (χ3v) is 2.01. The van der Waals surface area contributed by atoms with Gasteiger partial charge in [-0.1, -0.05) is 0 Å². The maximum Gasteiger partial charge on any atom is 0.249 e. The predicted molar refractivity (Wildman–Crippen MR) is 45.1 cm³/mol. The Morgan fingerprint density at radius 1 is 1.54 bits per heavy atom. The molecular weight excluding hydrogens is 174 g/mol. The van der Waals surface area contributed by atoms with Crippen LogP contribution < -0.4 is 5.32 Å². The zero-order valence-corrected chi connectivity index (χ0v) is 7.40. The molecule has 0 unspecified atom stereocenters. The smallest absolute Gasteiger partial charge is 0.249 e. The summed E-state index contributed by atoms with van der Waals surface area (Å²) in [6.45, 7) is 0.102. The highest BCUT2D eigenvalue weighted by Crippen LogP contribution is 2.11. The van der Waals surface area contributed by atoms with Crippen LogP contribution in [0.15, 0.2) is 0 Å². The molecule has 0 aromatic heterocycles. The van der Waals surface area contributed by atoms with Crippen molar-refractivity contribution in [3.05, 3.63) is 0 Å². The number of nitrogens with one attached hydrogen (secondary N) is 1. The van der Waals surface area contributed by atoms with E-state index >= 15 is 0 Å². The quantitative estimate of drug-likeness (QED) is 0.510. The molecule has 3 N–H and O–H groups in total. The van der Waals surface area contributed by atoms with Gasteiger partial charge >= 0.3 is 0 Å². The first-order chi connectivity index (χ1) is 6.27. The molecule has 1 amide bonds. The Morgan fingerprint density at radius 2 is 2.23 bits per heavy atom. The number of aliphatic hydroxyl groups excluding tert-OH is 2. The fraction of sp³-hybridized carbons (Fsp3) is 0.875. The van der Waals surface area contributed by atoms with E-state index in [1.165, 1.54) is 0 Å². The van der Waals surface area contributed by atoms with Crippen molar-refractivity contribution in [2.45, 2.75) is 25.0 Å². The summed E-state index contributed by atoms with van der Waals surface area (Å²) in [5.41, 5.74) is 0. The lowest BCUT2D eigenvalue weighted by Gasteiger charge is -2.16. The van der Waals surface area contributed by atoms with Crippen molar-refractivity contribution in [1.82, 2.24) is 5.32 Å². The first-order valence-electron chi connectivity index (χ1n) is 4.41. The first kappa shape index (κ1) is 10.4. The molecule has 1 saturated heterocycles. The largest absolute Gasteiger partial charge is 0.394 e. The van der Waals surface area contributed by atoms with Gasteiger partial charge < -0.3 is 20.3 Å². The zero-order chi connectivity index (χ0) is 9.68. The molecule has 1 atom stereocenters. The van der Waals surface area contributed by atoms with Gasteiger partial charge in [0.1, 0.15) is 6.10 Å². The number of hydrogen-bond acceptors (Lipinski definition) is 4. The lowest BCUT2D eigenvalue weighted by Crippen LogP contribution is -2.44. The van der Waals surface area contributed by atoms with Crippen LogP contribution in [-0.4, -0.2) is 48.1 Å². The van der Waals surface area contributed by atoms with Crippen molar-refractivity contribution in [3.8, 4) is 0 Å². The highest BCUT2D eigenvalue weighted by molar-refractivity contribution is 5.81.